The Kier molecular flexibility index (Phi) is 4.98. The fourth-order valence-corrected chi connectivity index (χ4v) is 3.33. The van der Waals surface area contributed by atoms with Crippen molar-refractivity contribution in [3.63, 3.8) is 0 Å². The molecule has 0 atom stereocenters. The summed E-state index contributed by atoms with van der Waals surface area (Å²) < 4.78 is 6.89. The molecule has 0 radical (unpaired) electrons. The lowest BCUT2D eigenvalue weighted by atomic mass is 10.2. The maximum atomic E-state index is 13.1. The number of nitrogens with zero attached hydrogens (tertiary/aromatic N) is 3. The summed E-state index contributed by atoms with van der Waals surface area (Å²) in [5, 5.41) is 10.4. The molecule has 0 spiro atoms. The van der Waals surface area contributed by atoms with E-state index >= 15 is 0 Å². The lowest BCUT2D eigenvalue weighted by molar-refractivity contribution is 0.411. The predicted octanol–water partition coefficient (Wildman–Crippen LogP) is 3.97. The molecular weight excluding hydrogens is 358 g/mol. The topological polar surface area (TPSA) is 67.9 Å². The van der Waals surface area contributed by atoms with Crippen molar-refractivity contribution in [2.75, 3.05) is 12.9 Å². The van der Waals surface area contributed by atoms with Crippen LogP contribution >= 0.6 is 23.4 Å². The van der Waals surface area contributed by atoms with Crippen molar-refractivity contribution in [1.82, 2.24) is 9.55 Å². The molecule has 0 N–H and O–H groups in total. The molecule has 0 bridgehead atoms. The number of hydrogen-bond acceptors (Lipinski definition) is 5. The van der Waals surface area contributed by atoms with Gasteiger partial charge in [-0.1, -0.05) is 35.5 Å². The van der Waals surface area contributed by atoms with Crippen LogP contribution in [0.3, 0.4) is 0 Å². The van der Waals surface area contributed by atoms with Gasteiger partial charge in [0.25, 0.3) is 5.56 Å². The Balaban J connectivity index is 2.38. The first-order valence-corrected chi connectivity index (χ1v) is 8.79. The van der Waals surface area contributed by atoms with Gasteiger partial charge in [0, 0.05) is 11.1 Å². The molecule has 7 heteroatoms. The van der Waals surface area contributed by atoms with Crippen molar-refractivity contribution in [2.45, 2.75) is 12.1 Å². The highest BCUT2D eigenvalue weighted by atomic mass is 35.5. The van der Waals surface area contributed by atoms with E-state index in [1.807, 2.05) is 13.0 Å². The monoisotopic (exact) mass is 371 g/mol. The number of halogens is 1. The molecule has 5 nitrogen and oxygen atoms in total. The maximum absolute atomic E-state index is 13.1. The van der Waals surface area contributed by atoms with Crippen molar-refractivity contribution in [1.29, 1.82) is 5.26 Å². The molecule has 1 heterocycles. The number of hydrogen-bond donors (Lipinski definition) is 0. The number of aromatic nitrogens is 2. The summed E-state index contributed by atoms with van der Waals surface area (Å²) in [6, 6.07) is 12.7. The van der Waals surface area contributed by atoms with E-state index in [1.54, 1.807) is 30.3 Å². The van der Waals surface area contributed by atoms with E-state index in [0.29, 0.717) is 32.5 Å². The van der Waals surface area contributed by atoms with Crippen LogP contribution in [-0.2, 0) is 0 Å². The Morgan fingerprint density at radius 2 is 2.12 bits per heavy atom. The highest BCUT2D eigenvalue weighted by Crippen LogP contribution is 2.31. The Hall–Kier alpha value is -2.49. The number of aryl methyl sites for hydroxylation is 1. The molecule has 2 aromatic carbocycles. The molecule has 0 saturated carbocycles. The Morgan fingerprint density at radius 3 is 2.84 bits per heavy atom. The Bertz CT molecular complexity index is 1060. The van der Waals surface area contributed by atoms with E-state index in [4.69, 9.17) is 21.6 Å². The molecule has 0 saturated heterocycles. The molecule has 3 aromatic rings. The summed E-state index contributed by atoms with van der Waals surface area (Å²) in [6.07, 6.45) is 0. The SMILES string of the molecule is COc1cc(Cl)c(C)cc1-n1c(SCC#N)nc2ccccc2c1=O. The van der Waals surface area contributed by atoms with E-state index in [-0.39, 0.29) is 11.3 Å². The predicted molar refractivity (Wildman–Crippen MR) is 100.0 cm³/mol. The standard InChI is InChI=1S/C18H14ClN3O2S/c1-11-9-15(16(24-2)10-13(11)19)22-17(23)12-5-3-4-6-14(12)21-18(22)25-8-7-20/h3-6,9-10H,8H2,1-2H3. The molecule has 0 aliphatic carbocycles. The Labute approximate surface area is 153 Å². The van der Waals surface area contributed by atoms with Gasteiger partial charge in [0.15, 0.2) is 5.16 Å². The molecule has 0 aliphatic rings. The zero-order valence-corrected chi connectivity index (χ0v) is 15.2. The molecule has 0 unspecified atom stereocenters. The smallest absolute Gasteiger partial charge is 0.266 e. The number of thioether (sulfide) groups is 1. The first-order valence-electron chi connectivity index (χ1n) is 7.43. The minimum absolute atomic E-state index is 0.180. The highest BCUT2D eigenvalue weighted by Gasteiger charge is 2.17. The highest BCUT2D eigenvalue weighted by molar-refractivity contribution is 7.99. The summed E-state index contributed by atoms with van der Waals surface area (Å²) in [5.41, 5.74) is 1.74. The largest absolute Gasteiger partial charge is 0.495 e. The summed E-state index contributed by atoms with van der Waals surface area (Å²) in [4.78, 5) is 17.7. The molecule has 3 rings (SSSR count). The van der Waals surface area contributed by atoms with Crippen molar-refractivity contribution in [2.24, 2.45) is 0 Å². The normalized spacial score (nSPS) is 10.6. The number of nitriles is 1. The van der Waals surface area contributed by atoms with Crippen molar-refractivity contribution < 1.29 is 4.74 Å². The third-order valence-corrected chi connectivity index (χ3v) is 4.92. The van der Waals surface area contributed by atoms with Crippen LogP contribution < -0.4 is 10.3 Å². The number of benzene rings is 2. The number of fused-ring (bicyclic) bond motifs is 1. The third kappa shape index (κ3) is 3.21. The average Bonchev–Trinajstić information content (AvgIpc) is 2.62. The molecule has 1 aromatic heterocycles. The van der Waals surface area contributed by atoms with Gasteiger partial charge in [-0.25, -0.2) is 4.98 Å². The van der Waals surface area contributed by atoms with E-state index < -0.39 is 0 Å². The van der Waals surface area contributed by atoms with E-state index in [9.17, 15) is 4.79 Å². The van der Waals surface area contributed by atoms with Crippen LogP contribution in [0, 0.1) is 18.3 Å². The van der Waals surface area contributed by atoms with Gasteiger partial charge in [-0.3, -0.25) is 9.36 Å². The number of rotatable bonds is 4. The minimum atomic E-state index is -0.217. The lowest BCUT2D eigenvalue weighted by Gasteiger charge is -2.16. The second kappa shape index (κ2) is 7.18. The van der Waals surface area contributed by atoms with Crippen LogP contribution in [0.4, 0.5) is 0 Å². The number of methoxy groups -OCH3 is 1. The van der Waals surface area contributed by atoms with Gasteiger partial charge >= 0.3 is 0 Å². The number of ether oxygens (including phenoxy) is 1. The van der Waals surface area contributed by atoms with Gasteiger partial charge in [0.05, 0.1) is 35.5 Å². The van der Waals surface area contributed by atoms with Crippen LogP contribution in [-0.4, -0.2) is 22.4 Å². The minimum Gasteiger partial charge on any atom is -0.495 e. The second-order valence-corrected chi connectivity index (χ2v) is 6.62. The zero-order valence-electron chi connectivity index (χ0n) is 13.6. The average molecular weight is 372 g/mol. The lowest BCUT2D eigenvalue weighted by Crippen LogP contribution is -2.22. The van der Waals surface area contributed by atoms with E-state index in [2.05, 4.69) is 11.1 Å². The van der Waals surface area contributed by atoms with Crippen LogP contribution in [0.5, 0.6) is 5.75 Å². The molecule has 0 aliphatic heterocycles. The van der Waals surface area contributed by atoms with Crippen LogP contribution in [0.15, 0.2) is 46.3 Å². The van der Waals surface area contributed by atoms with Crippen LogP contribution in [0.2, 0.25) is 5.02 Å². The fraction of sp³-hybridized carbons (Fsp3) is 0.167. The van der Waals surface area contributed by atoms with Gasteiger partial charge in [-0.15, -0.1) is 0 Å². The van der Waals surface area contributed by atoms with Crippen LogP contribution in [0.25, 0.3) is 16.6 Å². The first-order chi connectivity index (χ1) is 12.1. The van der Waals surface area contributed by atoms with Crippen molar-refractivity contribution in [3.05, 3.63) is 57.3 Å². The van der Waals surface area contributed by atoms with Crippen LogP contribution in [0.1, 0.15) is 5.56 Å². The summed E-state index contributed by atoms with van der Waals surface area (Å²) in [6.45, 7) is 1.85. The van der Waals surface area contributed by atoms with Gasteiger partial charge in [-0.05, 0) is 30.7 Å². The maximum Gasteiger partial charge on any atom is 0.266 e. The molecule has 126 valence electrons. The molecule has 0 amide bonds. The summed E-state index contributed by atoms with van der Waals surface area (Å²) >= 11 is 7.38. The summed E-state index contributed by atoms with van der Waals surface area (Å²) in [5.74, 6) is 0.647. The molecule has 25 heavy (non-hydrogen) atoms. The van der Waals surface area contributed by atoms with Gasteiger partial charge in [0.1, 0.15) is 5.75 Å². The third-order valence-electron chi connectivity index (χ3n) is 3.71. The fourth-order valence-electron chi connectivity index (χ4n) is 2.50. The first kappa shape index (κ1) is 17.3. The molecule has 0 fully saturated rings. The Morgan fingerprint density at radius 1 is 1.36 bits per heavy atom. The summed E-state index contributed by atoms with van der Waals surface area (Å²) in [7, 11) is 1.52. The quantitative estimate of drug-likeness (QED) is 0.512. The van der Waals surface area contributed by atoms with Gasteiger partial charge in [0.2, 0.25) is 0 Å². The van der Waals surface area contributed by atoms with Crippen molar-refractivity contribution in [3.8, 4) is 17.5 Å². The number of para-hydroxylation sites is 1. The van der Waals surface area contributed by atoms with Crippen molar-refractivity contribution >= 4 is 34.3 Å². The molecular formula is C18H14ClN3O2S. The second-order valence-electron chi connectivity index (χ2n) is 5.27. The van der Waals surface area contributed by atoms with E-state index in [0.717, 1.165) is 5.56 Å². The zero-order chi connectivity index (χ0) is 18.0. The van der Waals surface area contributed by atoms with E-state index in [1.165, 1.54) is 23.4 Å². The van der Waals surface area contributed by atoms with Gasteiger partial charge < -0.3 is 4.74 Å². The van der Waals surface area contributed by atoms with Gasteiger partial charge in [-0.2, -0.15) is 5.26 Å².